The smallest absolute Gasteiger partial charge is 0.549 e. The predicted molar refractivity (Wildman–Crippen MR) is 54.3 cm³/mol. The second-order valence-corrected chi connectivity index (χ2v) is 5.23. The number of quaternary nitrogens is 1. The lowest BCUT2D eigenvalue weighted by molar-refractivity contribution is -0.711. The Kier molecular flexibility index (Phi) is 4.12. The highest BCUT2D eigenvalue weighted by Gasteiger charge is 2.51. The van der Waals surface area contributed by atoms with E-state index in [1.54, 1.807) is 30.3 Å². The summed E-state index contributed by atoms with van der Waals surface area (Å²) in [6.07, 6.45) is -0.0328. The molecule has 1 aromatic rings. The Balaban J connectivity index is 2.66. The fourth-order valence-corrected chi connectivity index (χ4v) is 1.78. The third-order valence-corrected chi connectivity index (χ3v) is 3.48. The minimum Gasteiger partial charge on any atom is -0.618 e. The van der Waals surface area contributed by atoms with E-state index in [1.165, 1.54) is 0 Å². The minimum absolute atomic E-state index is 0.0328. The van der Waals surface area contributed by atoms with Crippen LogP contribution in [-0.2, 0) is 16.4 Å². The van der Waals surface area contributed by atoms with Crippen molar-refractivity contribution in [3.05, 3.63) is 41.1 Å². The molecule has 0 saturated carbocycles. The molecule has 0 aliphatic heterocycles. The lowest BCUT2D eigenvalue weighted by atomic mass is 10.2. The van der Waals surface area contributed by atoms with Gasteiger partial charge in [0.25, 0.3) is 0 Å². The van der Waals surface area contributed by atoms with Gasteiger partial charge in [0, 0.05) is 6.42 Å². The summed E-state index contributed by atoms with van der Waals surface area (Å²) >= 11 is 0. The maximum atomic E-state index is 12.0. The molecule has 0 bridgehead atoms. The molecule has 0 aliphatic carbocycles. The molecular weight excluding hydrogens is 259 g/mol. The summed E-state index contributed by atoms with van der Waals surface area (Å²) in [5, 5.41) is 11.0. The molecule has 1 N–H and O–H groups in total. The van der Waals surface area contributed by atoms with Gasteiger partial charge in [-0.25, -0.2) is 0 Å². The molecule has 0 spiro atoms. The van der Waals surface area contributed by atoms with Gasteiger partial charge in [-0.3, -0.25) is 4.47 Å². The van der Waals surface area contributed by atoms with Crippen molar-refractivity contribution in [2.75, 3.05) is 6.54 Å². The van der Waals surface area contributed by atoms with E-state index in [4.69, 9.17) is 0 Å². The first-order valence-electron chi connectivity index (χ1n) is 4.63. The van der Waals surface area contributed by atoms with Crippen molar-refractivity contribution in [3.63, 3.8) is 0 Å². The minimum atomic E-state index is -5.69. The van der Waals surface area contributed by atoms with Crippen molar-refractivity contribution in [3.8, 4) is 0 Å². The van der Waals surface area contributed by atoms with E-state index in [-0.39, 0.29) is 6.42 Å². The molecule has 1 unspecified atom stereocenters. The lowest BCUT2D eigenvalue weighted by Gasteiger charge is -2.22. The van der Waals surface area contributed by atoms with Crippen LogP contribution < -0.4 is 4.47 Å². The van der Waals surface area contributed by atoms with Gasteiger partial charge >= 0.3 is 15.5 Å². The molecule has 8 heteroatoms. The van der Waals surface area contributed by atoms with Crippen LogP contribution in [0.15, 0.2) is 30.3 Å². The number of rotatable bonds is 4. The first-order valence-corrected chi connectivity index (χ1v) is 6.11. The Morgan fingerprint density at radius 3 is 2.18 bits per heavy atom. The molecule has 0 saturated heterocycles. The lowest BCUT2D eigenvalue weighted by Crippen LogP contribution is -3.11. The number of hydrogen-bond acceptors (Lipinski definition) is 3. The fraction of sp³-hybridized carbons (Fsp3) is 0.333. The summed E-state index contributed by atoms with van der Waals surface area (Å²) in [5.41, 5.74) is -4.90. The summed E-state index contributed by atoms with van der Waals surface area (Å²) in [6.45, 7) is -0.675. The van der Waals surface area contributed by atoms with Crippen LogP contribution in [0, 0.1) is 5.21 Å². The van der Waals surface area contributed by atoms with Crippen LogP contribution in [0.1, 0.15) is 5.56 Å². The zero-order valence-corrected chi connectivity index (χ0v) is 9.38. The number of hydrogen-bond donors (Lipinski definition) is 1. The molecule has 17 heavy (non-hydrogen) atoms. The third kappa shape index (κ3) is 3.42. The molecular formula is C9H10F3NO3S. The second-order valence-electron chi connectivity index (χ2n) is 3.31. The van der Waals surface area contributed by atoms with Crippen molar-refractivity contribution in [1.29, 1.82) is 0 Å². The Morgan fingerprint density at radius 2 is 1.71 bits per heavy atom. The Morgan fingerprint density at radius 1 is 1.18 bits per heavy atom. The van der Waals surface area contributed by atoms with Gasteiger partial charge in [-0.2, -0.15) is 21.6 Å². The van der Waals surface area contributed by atoms with Gasteiger partial charge in [-0.1, -0.05) is 30.3 Å². The molecule has 0 heterocycles. The van der Waals surface area contributed by atoms with E-state index < -0.39 is 26.5 Å². The predicted octanol–water partition coefficient (Wildman–Crippen LogP) is 0.461. The molecule has 1 aromatic carbocycles. The highest BCUT2D eigenvalue weighted by Crippen LogP contribution is 2.19. The normalized spacial score (nSPS) is 14.6. The van der Waals surface area contributed by atoms with Crippen LogP contribution in [-0.4, -0.2) is 20.5 Å². The maximum Gasteiger partial charge on any atom is 0.549 e. The zero-order valence-electron chi connectivity index (χ0n) is 8.57. The molecule has 1 atom stereocenters. The average molecular weight is 269 g/mol. The molecule has 1 rings (SSSR count). The summed E-state index contributed by atoms with van der Waals surface area (Å²) in [7, 11) is -5.69. The summed E-state index contributed by atoms with van der Waals surface area (Å²) in [5.74, 6) is 0. The molecule has 4 nitrogen and oxygen atoms in total. The average Bonchev–Trinajstić information content (AvgIpc) is 2.25. The Labute approximate surface area is 96.3 Å². The maximum absolute atomic E-state index is 12.0. The molecule has 0 fully saturated rings. The van der Waals surface area contributed by atoms with E-state index in [2.05, 4.69) is 0 Å². The first-order chi connectivity index (χ1) is 7.75. The Hall–Kier alpha value is -1.12. The van der Waals surface area contributed by atoms with Gasteiger partial charge in [0.1, 0.15) is 0 Å². The summed E-state index contributed by atoms with van der Waals surface area (Å²) < 4.78 is 55.6. The fourth-order valence-electron chi connectivity index (χ4n) is 1.15. The molecule has 0 amide bonds. The topological polar surface area (TPSA) is 61.6 Å². The van der Waals surface area contributed by atoms with E-state index in [0.717, 1.165) is 0 Å². The monoisotopic (exact) mass is 269 g/mol. The molecule has 0 aliphatic rings. The first kappa shape index (κ1) is 13.9. The van der Waals surface area contributed by atoms with Gasteiger partial charge in [0.2, 0.25) is 0 Å². The number of halogens is 3. The second kappa shape index (κ2) is 5.03. The van der Waals surface area contributed by atoms with Crippen molar-refractivity contribution >= 4 is 10.0 Å². The standard InChI is InChI=1S/C9H10F3NO3S/c10-9(11,12)17(15,16)13(14)7-6-8-4-2-1-3-5-8/h1-5,13H,6-7H2. The molecule has 0 radical (unpaired) electrons. The number of sulfonamides is 1. The highest BCUT2D eigenvalue weighted by atomic mass is 32.2. The van der Waals surface area contributed by atoms with Crippen LogP contribution in [0.5, 0.6) is 0 Å². The van der Waals surface area contributed by atoms with Gasteiger partial charge in [-0.15, -0.1) is 0 Å². The van der Waals surface area contributed by atoms with Gasteiger partial charge < -0.3 is 5.21 Å². The molecule has 96 valence electrons. The Bertz CT molecular complexity index is 458. The van der Waals surface area contributed by atoms with Crippen molar-refractivity contribution in [1.82, 2.24) is 0 Å². The van der Waals surface area contributed by atoms with Crippen LogP contribution in [0.2, 0.25) is 0 Å². The highest BCUT2D eigenvalue weighted by molar-refractivity contribution is 7.86. The van der Waals surface area contributed by atoms with Crippen molar-refractivity contribution in [2.24, 2.45) is 0 Å². The van der Waals surface area contributed by atoms with Crippen molar-refractivity contribution in [2.45, 2.75) is 11.9 Å². The summed E-state index contributed by atoms with van der Waals surface area (Å²) in [4.78, 5) is 0. The van der Waals surface area contributed by atoms with Crippen LogP contribution in [0.3, 0.4) is 0 Å². The van der Waals surface area contributed by atoms with E-state index >= 15 is 0 Å². The van der Waals surface area contributed by atoms with Gasteiger partial charge in [0.15, 0.2) is 0 Å². The van der Waals surface area contributed by atoms with Crippen LogP contribution in [0.25, 0.3) is 0 Å². The van der Waals surface area contributed by atoms with E-state index in [1.807, 2.05) is 0 Å². The molecule has 0 aromatic heterocycles. The largest absolute Gasteiger partial charge is 0.618 e. The van der Waals surface area contributed by atoms with E-state index in [9.17, 15) is 26.8 Å². The third-order valence-electron chi connectivity index (χ3n) is 2.07. The number of benzene rings is 1. The van der Waals surface area contributed by atoms with Crippen molar-refractivity contribution < 1.29 is 26.1 Å². The van der Waals surface area contributed by atoms with Gasteiger partial charge in [-0.05, 0) is 5.56 Å². The van der Waals surface area contributed by atoms with Crippen LogP contribution >= 0.6 is 0 Å². The van der Waals surface area contributed by atoms with Crippen LogP contribution in [0.4, 0.5) is 13.2 Å². The quantitative estimate of drug-likeness (QED) is 0.808. The number of nitrogens with one attached hydrogen (secondary N) is 1. The SMILES string of the molecule is O=S(=O)([NH+]([O-])CCc1ccccc1)C(F)(F)F. The zero-order chi connectivity index (χ0) is 13.1. The summed E-state index contributed by atoms with van der Waals surface area (Å²) in [6, 6.07) is 8.22. The number of alkyl halides is 3. The number of hydroxylamine groups is 1. The van der Waals surface area contributed by atoms with Gasteiger partial charge in [0.05, 0.1) is 6.54 Å². The van der Waals surface area contributed by atoms with E-state index in [0.29, 0.717) is 5.56 Å².